The van der Waals surface area contributed by atoms with Gasteiger partial charge < -0.3 is 5.73 Å². The number of nitrogens with two attached hydrogens (primary N) is 1. The van der Waals surface area contributed by atoms with E-state index >= 15 is 0 Å². The van der Waals surface area contributed by atoms with Gasteiger partial charge >= 0.3 is 0 Å². The molecule has 0 fully saturated rings. The van der Waals surface area contributed by atoms with Crippen molar-refractivity contribution in [2.45, 2.75) is 12.5 Å². The van der Waals surface area contributed by atoms with Crippen molar-refractivity contribution in [1.29, 1.82) is 0 Å². The van der Waals surface area contributed by atoms with Crippen LogP contribution >= 0.6 is 11.6 Å². The fourth-order valence-corrected chi connectivity index (χ4v) is 1.34. The molecule has 1 nitrogen and oxygen atoms in total. The maximum atomic E-state index is 12.9. The Morgan fingerprint density at radius 2 is 2.23 bits per heavy atom. The van der Waals surface area contributed by atoms with Gasteiger partial charge in [-0.3, -0.25) is 0 Å². The summed E-state index contributed by atoms with van der Waals surface area (Å²) in [5, 5.41) is 0.370. The fraction of sp³-hybridized carbons (Fsp3) is 0.200. The summed E-state index contributed by atoms with van der Waals surface area (Å²) in [5.41, 5.74) is 6.45. The molecular weight excluding hydrogens is 189 g/mol. The van der Waals surface area contributed by atoms with Crippen LogP contribution in [-0.2, 0) is 0 Å². The zero-order valence-corrected chi connectivity index (χ0v) is 7.89. The maximum Gasteiger partial charge on any atom is 0.125 e. The summed E-state index contributed by atoms with van der Waals surface area (Å²) < 4.78 is 12.9. The topological polar surface area (TPSA) is 26.0 Å². The van der Waals surface area contributed by atoms with E-state index in [1.165, 1.54) is 12.1 Å². The Hall–Kier alpha value is -0.860. The second-order valence-corrected chi connectivity index (χ2v) is 3.27. The summed E-state index contributed by atoms with van der Waals surface area (Å²) in [7, 11) is 0. The third-order valence-electron chi connectivity index (χ3n) is 1.73. The van der Waals surface area contributed by atoms with Crippen LogP contribution in [0.5, 0.6) is 0 Å². The minimum atomic E-state index is -0.359. The van der Waals surface area contributed by atoms with Crippen LogP contribution in [0, 0.1) is 5.82 Å². The number of rotatable bonds is 3. The zero-order chi connectivity index (χ0) is 9.84. The lowest BCUT2D eigenvalue weighted by Gasteiger charge is -2.09. The van der Waals surface area contributed by atoms with E-state index in [2.05, 4.69) is 6.58 Å². The van der Waals surface area contributed by atoms with Crippen molar-refractivity contribution in [2.24, 2.45) is 5.73 Å². The Labute approximate surface area is 82.0 Å². The molecule has 0 saturated carbocycles. The fourth-order valence-electron chi connectivity index (χ4n) is 1.10. The quantitative estimate of drug-likeness (QED) is 0.744. The molecule has 0 aliphatic carbocycles. The standard InChI is InChI=1S/C10H11ClFN/c1-2-3-10(13)7-4-8(11)6-9(12)5-7/h2,4-6,10H,1,3,13H2/t10-/m1/s1. The average molecular weight is 200 g/mol. The second-order valence-electron chi connectivity index (χ2n) is 2.83. The SMILES string of the molecule is C=CC[C@@H](N)c1cc(F)cc(Cl)c1. The molecule has 1 aromatic rings. The summed E-state index contributed by atoms with van der Waals surface area (Å²) in [6.07, 6.45) is 2.31. The van der Waals surface area contributed by atoms with Crippen molar-refractivity contribution in [3.63, 3.8) is 0 Å². The van der Waals surface area contributed by atoms with Crippen molar-refractivity contribution < 1.29 is 4.39 Å². The first kappa shape index (κ1) is 10.2. The lowest BCUT2D eigenvalue weighted by atomic mass is 10.0. The number of hydrogen-bond acceptors (Lipinski definition) is 1. The van der Waals surface area contributed by atoms with Gasteiger partial charge in [0.2, 0.25) is 0 Å². The number of benzene rings is 1. The molecule has 3 heteroatoms. The van der Waals surface area contributed by atoms with E-state index < -0.39 is 0 Å². The molecule has 0 amide bonds. The van der Waals surface area contributed by atoms with E-state index in [9.17, 15) is 4.39 Å². The molecule has 2 N–H and O–H groups in total. The van der Waals surface area contributed by atoms with Crippen molar-refractivity contribution in [3.05, 3.63) is 47.3 Å². The summed E-state index contributed by atoms with van der Waals surface area (Å²) in [4.78, 5) is 0. The zero-order valence-electron chi connectivity index (χ0n) is 7.13. The van der Waals surface area contributed by atoms with Crippen molar-refractivity contribution >= 4 is 11.6 Å². The third-order valence-corrected chi connectivity index (χ3v) is 1.95. The van der Waals surface area contributed by atoms with Crippen LogP contribution in [0.15, 0.2) is 30.9 Å². The Kier molecular flexibility index (Phi) is 3.46. The van der Waals surface area contributed by atoms with Crippen LogP contribution in [0.25, 0.3) is 0 Å². The minimum Gasteiger partial charge on any atom is -0.324 e. The van der Waals surface area contributed by atoms with Gasteiger partial charge in [0.05, 0.1) is 0 Å². The molecule has 0 aliphatic rings. The van der Waals surface area contributed by atoms with Gasteiger partial charge in [0.15, 0.2) is 0 Å². The van der Waals surface area contributed by atoms with Gasteiger partial charge in [-0.2, -0.15) is 0 Å². The largest absolute Gasteiger partial charge is 0.324 e. The van der Waals surface area contributed by atoms with E-state index in [-0.39, 0.29) is 11.9 Å². The molecule has 0 aliphatic heterocycles. The third kappa shape index (κ3) is 2.83. The summed E-state index contributed by atoms with van der Waals surface area (Å²) >= 11 is 5.67. The van der Waals surface area contributed by atoms with Gasteiger partial charge in [-0.25, -0.2) is 4.39 Å². The summed E-state index contributed by atoms with van der Waals surface area (Å²) in [6, 6.07) is 4.08. The van der Waals surface area contributed by atoms with Crippen LogP contribution in [0.4, 0.5) is 4.39 Å². The highest BCUT2D eigenvalue weighted by molar-refractivity contribution is 6.30. The number of halogens is 2. The van der Waals surface area contributed by atoms with E-state index in [1.807, 2.05) is 0 Å². The Morgan fingerprint density at radius 1 is 1.54 bits per heavy atom. The van der Waals surface area contributed by atoms with Gasteiger partial charge in [-0.15, -0.1) is 6.58 Å². The first-order valence-electron chi connectivity index (χ1n) is 3.96. The van der Waals surface area contributed by atoms with Gasteiger partial charge in [-0.05, 0) is 30.2 Å². The normalized spacial score (nSPS) is 12.5. The summed E-state index contributed by atoms with van der Waals surface area (Å²) in [5.74, 6) is -0.359. The van der Waals surface area contributed by atoms with Crippen LogP contribution in [0.1, 0.15) is 18.0 Å². The first-order chi connectivity index (χ1) is 6.13. The minimum absolute atomic E-state index is 0.231. The second kappa shape index (κ2) is 4.40. The van der Waals surface area contributed by atoms with Gasteiger partial charge in [0, 0.05) is 11.1 Å². The van der Waals surface area contributed by atoms with Gasteiger partial charge in [-0.1, -0.05) is 17.7 Å². The first-order valence-corrected chi connectivity index (χ1v) is 4.33. The van der Waals surface area contributed by atoms with Gasteiger partial charge in [0.1, 0.15) is 5.82 Å². The predicted molar refractivity (Wildman–Crippen MR) is 53.2 cm³/mol. The lowest BCUT2D eigenvalue weighted by Crippen LogP contribution is -2.09. The predicted octanol–water partition coefficient (Wildman–Crippen LogP) is 3.06. The van der Waals surface area contributed by atoms with E-state index in [4.69, 9.17) is 17.3 Å². The molecule has 13 heavy (non-hydrogen) atoms. The lowest BCUT2D eigenvalue weighted by molar-refractivity contribution is 0.620. The molecular formula is C10H11ClFN. The molecule has 1 rings (SSSR count). The van der Waals surface area contributed by atoms with E-state index in [0.29, 0.717) is 17.0 Å². The van der Waals surface area contributed by atoms with Crippen LogP contribution < -0.4 is 5.73 Å². The molecule has 1 atom stereocenters. The smallest absolute Gasteiger partial charge is 0.125 e. The van der Waals surface area contributed by atoms with E-state index in [0.717, 1.165) is 0 Å². The molecule has 70 valence electrons. The molecule has 0 bridgehead atoms. The molecule has 0 radical (unpaired) electrons. The molecule has 0 aromatic heterocycles. The molecule has 0 heterocycles. The highest BCUT2D eigenvalue weighted by Gasteiger charge is 2.06. The average Bonchev–Trinajstić information content (AvgIpc) is 2.03. The van der Waals surface area contributed by atoms with Crippen LogP contribution in [-0.4, -0.2) is 0 Å². The van der Waals surface area contributed by atoms with Crippen molar-refractivity contribution in [2.75, 3.05) is 0 Å². The molecule has 1 aromatic carbocycles. The van der Waals surface area contributed by atoms with Crippen LogP contribution in [0.3, 0.4) is 0 Å². The number of hydrogen-bond donors (Lipinski definition) is 1. The highest BCUT2D eigenvalue weighted by Crippen LogP contribution is 2.20. The molecule has 0 saturated heterocycles. The van der Waals surface area contributed by atoms with Crippen molar-refractivity contribution in [3.8, 4) is 0 Å². The Bertz CT molecular complexity index is 292. The van der Waals surface area contributed by atoms with Crippen molar-refractivity contribution in [1.82, 2.24) is 0 Å². The molecule has 0 spiro atoms. The van der Waals surface area contributed by atoms with Gasteiger partial charge in [0.25, 0.3) is 0 Å². The highest BCUT2D eigenvalue weighted by atomic mass is 35.5. The monoisotopic (exact) mass is 199 g/mol. The summed E-state index contributed by atoms with van der Waals surface area (Å²) in [6.45, 7) is 3.56. The Balaban J connectivity index is 2.93. The molecule has 0 unspecified atom stereocenters. The maximum absolute atomic E-state index is 12.9. The van der Waals surface area contributed by atoms with E-state index in [1.54, 1.807) is 12.1 Å². The van der Waals surface area contributed by atoms with Crippen LogP contribution in [0.2, 0.25) is 5.02 Å². The Morgan fingerprint density at radius 3 is 2.77 bits per heavy atom.